The Kier molecular flexibility index (Phi) is 2.46. The van der Waals surface area contributed by atoms with E-state index in [1.807, 2.05) is 0 Å². The van der Waals surface area contributed by atoms with Gasteiger partial charge in [0.05, 0.1) is 4.92 Å². The van der Waals surface area contributed by atoms with Gasteiger partial charge in [0, 0.05) is 22.4 Å². The lowest BCUT2D eigenvalue weighted by Gasteiger charge is -1.97. The number of nitro groups is 1. The predicted octanol–water partition coefficient (Wildman–Crippen LogP) is 2.14. The molecule has 2 rings (SSSR count). The van der Waals surface area contributed by atoms with Crippen molar-refractivity contribution >= 4 is 21.6 Å². The van der Waals surface area contributed by atoms with Gasteiger partial charge in [0.25, 0.3) is 0 Å². The maximum Gasteiger partial charge on any atom is 0.314 e. The van der Waals surface area contributed by atoms with Crippen molar-refractivity contribution in [1.82, 2.24) is 15.2 Å². The zero-order valence-electron chi connectivity index (χ0n) is 7.35. The minimum Gasteiger partial charge on any atom is -0.271 e. The van der Waals surface area contributed by atoms with Gasteiger partial charge >= 0.3 is 5.69 Å². The molecule has 15 heavy (non-hydrogen) atoms. The van der Waals surface area contributed by atoms with Crippen LogP contribution in [0.1, 0.15) is 0 Å². The van der Waals surface area contributed by atoms with Crippen LogP contribution in [0.15, 0.2) is 29.1 Å². The summed E-state index contributed by atoms with van der Waals surface area (Å²) in [6.07, 6.45) is 4.31. The molecule has 2 aromatic heterocycles. The Hall–Kier alpha value is -1.76. The van der Waals surface area contributed by atoms with E-state index in [-0.39, 0.29) is 5.69 Å². The second-order valence-corrected chi connectivity index (χ2v) is 3.69. The molecule has 76 valence electrons. The van der Waals surface area contributed by atoms with E-state index in [2.05, 4.69) is 31.1 Å². The predicted molar refractivity (Wildman–Crippen MR) is 56.2 cm³/mol. The van der Waals surface area contributed by atoms with Crippen LogP contribution in [0.2, 0.25) is 0 Å². The zero-order chi connectivity index (χ0) is 10.8. The highest BCUT2D eigenvalue weighted by Gasteiger charge is 2.17. The lowest BCUT2D eigenvalue weighted by Crippen LogP contribution is -1.89. The Labute approximate surface area is 92.6 Å². The van der Waals surface area contributed by atoms with E-state index in [1.54, 1.807) is 12.3 Å². The second-order valence-electron chi connectivity index (χ2n) is 2.78. The second kappa shape index (κ2) is 3.77. The summed E-state index contributed by atoms with van der Waals surface area (Å²) in [6.45, 7) is 0. The third kappa shape index (κ3) is 1.86. The summed E-state index contributed by atoms with van der Waals surface area (Å²) in [7, 11) is 0. The molecule has 0 radical (unpaired) electrons. The Morgan fingerprint density at radius 3 is 2.87 bits per heavy atom. The van der Waals surface area contributed by atoms with Crippen molar-refractivity contribution in [3.8, 4) is 11.3 Å². The van der Waals surface area contributed by atoms with Crippen molar-refractivity contribution in [1.29, 1.82) is 0 Å². The lowest BCUT2D eigenvalue weighted by atomic mass is 10.2. The molecule has 0 saturated heterocycles. The summed E-state index contributed by atoms with van der Waals surface area (Å²) in [6, 6.07) is 1.73. The molecule has 0 unspecified atom stereocenters. The van der Waals surface area contributed by atoms with Gasteiger partial charge < -0.3 is 0 Å². The van der Waals surface area contributed by atoms with E-state index in [0.29, 0.717) is 11.3 Å². The fraction of sp³-hybridized carbons (Fsp3) is 0. The molecular formula is C8H5BrN4O2. The first-order valence-corrected chi connectivity index (χ1v) is 4.76. The van der Waals surface area contributed by atoms with Crippen LogP contribution < -0.4 is 0 Å². The molecule has 0 atom stereocenters. The highest BCUT2D eigenvalue weighted by atomic mass is 79.9. The summed E-state index contributed by atoms with van der Waals surface area (Å²) in [5.74, 6) is 0. The zero-order valence-corrected chi connectivity index (χ0v) is 8.93. The summed E-state index contributed by atoms with van der Waals surface area (Å²) in [5, 5.41) is 16.9. The van der Waals surface area contributed by atoms with Crippen molar-refractivity contribution < 1.29 is 4.92 Å². The smallest absolute Gasteiger partial charge is 0.271 e. The summed E-state index contributed by atoms with van der Waals surface area (Å²) < 4.78 is 0.754. The number of pyridine rings is 1. The van der Waals surface area contributed by atoms with Gasteiger partial charge in [-0.05, 0) is 22.0 Å². The molecule has 0 aromatic carbocycles. The van der Waals surface area contributed by atoms with Crippen molar-refractivity contribution in [3.05, 3.63) is 39.2 Å². The number of hydrogen-bond donors (Lipinski definition) is 1. The first-order valence-electron chi connectivity index (χ1n) is 3.97. The van der Waals surface area contributed by atoms with E-state index in [4.69, 9.17) is 0 Å². The number of nitrogens with one attached hydrogen (secondary N) is 1. The van der Waals surface area contributed by atoms with Crippen LogP contribution in [-0.4, -0.2) is 20.1 Å². The lowest BCUT2D eigenvalue weighted by molar-refractivity contribution is -0.384. The van der Waals surface area contributed by atoms with Crippen LogP contribution in [0.3, 0.4) is 0 Å². The van der Waals surface area contributed by atoms with Gasteiger partial charge in [0.2, 0.25) is 0 Å². The number of halogens is 1. The number of aromatic nitrogens is 3. The molecule has 0 saturated carbocycles. The fourth-order valence-electron chi connectivity index (χ4n) is 1.18. The third-order valence-corrected chi connectivity index (χ3v) is 2.24. The molecule has 0 aliphatic heterocycles. The average molecular weight is 269 g/mol. The largest absolute Gasteiger partial charge is 0.314 e. The van der Waals surface area contributed by atoms with Crippen molar-refractivity contribution in [2.24, 2.45) is 0 Å². The average Bonchev–Trinajstić information content (AvgIpc) is 2.65. The molecular weight excluding hydrogens is 264 g/mol. The Morgan fingerprint density at radius 1 is 1.40 bits per heavy atom. The third-order valence-electron chi connectivity index (χ3n) is 1.81. The molecule has 0 bridgehead atoms. The normalized spacial score (nSPS) is 10.2. The summed E-state index contributed by atoms with van der Waals surface area (Å²) in [4.78, 5) is 14.1. The summed E-state index contributed by atoms with van der Waals surface area (Å²) >= 11 is 3.24. The maximum absolute atomic E-state index is 10.7. The van der Waals surface area contributed by atoms with Gasteiger partial charge in [-0.25, -0.2) is 0 Å². The molecule has 2 aromatic rings. The molecule has 0 fully saturated rings. The Balaban J connectivity index is 2.54. The standard InChI is InChI=1S/C8H5BrN4O2/c9-6-1-5(2-10-3-6)8-7(13(14)15)4-11-12-8/h1-4H,(H,11,12). The Bertz CT molecular complexity index is 511. The minimum atomic E-state index is -0.486. The van der Waals surface area contributed by atoms with E-state index >= 15 is 0 Å². The summed E-state index contributed by atoms with van der Waals surface area (Å²) in [5.41, 5.74) is 0.914. The van der Waals surface area contributed by atoms with Crippen molar-refractivity contribution in [2.45, 2.75) is 0 Å². The van der Waals surface area contributed by atoms with Crippen LogP contribution in [-0.2, 0) is 0 Å². The molecule has 0 aliphatic carbocycles. The maximum atomic E-state index is 10.7. The minimum absolute atomic E-state index is 0.0603. The molecule has 2 heterocycles. The van der Waals surface area contributed by atoms with Crippen molar-refractivity contribution in [3.63, 3.8) is 0 Å². The van der Waals surface area contributed by atoms with E-state index < -0.39 is 4.92 Å². The quantitative estimate of drug-likeness (QED) is 0.668. The topological polar surface area (TPSA) is 84.7 Å². The molecule has 0 amide bonds. The van der Waals surface area contributed by atoms with Gasteiger partial charge in [-0.15, -0.1) is 0 Å². The van der Waals surface area contributed by atoms with Crippen LogP contribution >= 0.6 is 15.9 Å². The van der Waals surface area contributed by atoms with Crippen LogP contribution in [0.5, 0.6) is 0 Å². The fourth-order valence-corrected chi connectivity index (χ4v) is 1.54. The number of rotatable bonds is 2. The first-order chi connectivity index (χ1) is 7.18. The van der Waals surface area contributed by atoms with Gasteiger partial charge in [-0.1, -0.05) is 0 Å². The highest BCUT2D eigenvalue weighted by Crippen LogP contribution is 2.27. The van der Waals surface area contributed by atoms with Crippen molar-refractivity contribution in [2.75, 3.05) is 0 Å². The monoisotopic (exact) mass is 268 g/mol. The van der Waals surface area contributed by atoms with Crippen LogP contribution in [0, 0.1) is 10.1 Å². The molecule has 0 spiro atoms. The molecule has 1 N–H and O–H groups in total. The number of aromatic amines is 1. The van der Waals surface area contributed by atoms with Gasteiger partial charge in [0.15, 0.2) is 0 Å². The number of H-pyrrole nitrogens is 1. The Morgan fingerprint density at radius 2 is 2.20 bits per heavy atom. The van der Waals surface area contributed by atoms with Gasteiger partial charge in [-0.2, -0.15) is 5.10 Å². The van der Waals surface area contributed by atoms with E-state index in [0.717, 1.165) is 4.47 Å². The van der Waals surface area contributed by atoms with Crippen LogP contribution in [0.25, 0.3) is 11.3 Å². The van der Waals surface area contributed by atoms with Gasteiger partial charge in [-0.3, -0.25) is 20.2 Å². The van der Waals surface area contributed by atoms with Gasteiger partial charge in [0.1, 0.15) is 11.9 Å². The molecule has 0 aliphatic rings. The van der Waals surface area contributed by atoms with Crippen LogP contribution in [0.4, 0.5) is 5.69 Å². The molecule has 7 heteroatoms. The number of hydrogen-bond acceptors (Lipinski definition) is 4. The SMILES string of the molecule is O=[N+]([O-])c1cn[nH]c1-c1cncc(Br)c1. The number of nitrogens with zero attached hydrogens (tertiary/aromatic N) is 3. The van der Waals surface area contributed by atoms with E-state index in [9.17, 15) is 10.1 Å². The highest BCUT2D eigenvalue weighted by molar-refractivity contribution is 9.10. The molecule has 6 nitrogen and oxygen atoms in total. The first kappa shape index (κ1) is 9.78. The van der Waals surface area contributed by atoms with E-state index in [1.165, 1.54) is 12.4 Å².